The fourth-order valence-corrected chi connectivity index (χ4v) is 2.71. The maximum absolute atomic E-state index is 4.43. The second kappa shape index (κ2) is 5.91. The summed E-state index contributed by atoms with van der Waals surface area (Å²) < 4.78 is 0. The van der Waals surface area contributed by atoms with Gasteiger partial charge < -0.3 is 10.2 Å². The molecule has 1 unspecified atom stereocenters. The molecule has 3 nitrogen and oxygen atoms in total. The Kier molecular flexibility index (Phi) is 4.46. The van der Waals surface area contributed by atoms with Crippen LogP contribution in [0.2, 0.25) is 0 Å². The van der Waals surface area contributed by atoms with Crippen molar-refractivity contribution in [3.8, 4) is 0 Å². The second-order valence-electron chi connectivity index (χ2n) is 6.58. The Bertz CT molecular complexity index is 409. The van der Waals surface area contributed by atoms with Crippen LogP contribution in [0.3, 0.4) is 0 Å². The van der Waals surface area contributed by atoms with Crippen LogP contribution < -0.4 is 10.2 Å². The molecule has 3 heteroatoms. The molecule has 1 aliphatic rings. The molecule has 1 aliphatic heterocycles. The summed E-state index contributed by atoms with van der Waals surface area (Å²) in [5.41, 5.74) is 2.88. The number of hydrogen-bond acceptors (Lipinski definition) is 3. The third-order valence-electron chi connectivity index (χ3n) is 4.13. The highest BCUT2D eigenvalue weighted by Crippen LogP contribution is 2.35. The Morgan fingerprint density at radius 1 is 1.42 bits per heavy atom. The van der Waals surface area contributed by atoms with Gasteiger partial charge in [-0.2, -0.15) is 0 Å². The summed E-state index contributed by atoms with van der Waals surface area (Å²) in [5, 5.41) is 3.33. The lowest BCUT2D eigenvalue weighted by Crippen LogP contribution is -2.26. The highest BCUT2D eigenvalue weighted by Gasteiger charge is 2.31. The zero-order valence-corrected chi connectivity index (χ0v) is 12.7. The number of hydrogen-bond donors (Lipinski definition) is 1. The lowest BCUT2D eigenvalue weighted by atomic mass is 9.80. The number of anilines is 1. The first-order valence-electron chi connectivity index (χ1n) is 7.41. The fraction of sp³-hybridized carbons (Fsp3) is 0.688. The molecule has 1 aromatic heterocycles. The zero-order valence-electron chi connectivity index (χ0n) is 12.7. The molecule has 1 saturated heterocycles. The van der Waals surface area contributed by atoms with Gasteiger partial charge in [0.2, 0.25) is 0 Å². The van der Waals surface area contributed by atoms with E-state index in [0.29, 0.717) is 5.41 Å². The third-order valence-corrected chi connectivity index (χ3v) is 4.13. The number of pyridine rings is 1. The van der Waals surface area contributed by atoms with Crippen molar-refractivity contribution in [2.45, 2.75) is 40.7 Å². The van der Waals surface area contributed by atoms with E-state index < -0.39 is 0 Å². The van der Waals surface area contributed by atoms with Crippen LogP contribution >= 0.6 is 0 Å². The van der Waals surface area contributed by atoms with Gasteiger partial charge in [-0.25, -0.2) is 0 Å². The summed E-state index contributed by atoms with van der Waals surface area (Å²) in [4.78, 5) is 6.93. The van der Waals surface area contributed by atoms with Gasteiger partial charge in [0.25, 0.3) is 0 Å². The van der Waals surface area contributed by atoms with Gasteiger partial charge in [0.1, 0.15) is 0 Å². The Labute approximate surface area is 117 Å². The maximum Gasteiger partial charge on any atom is 0.0562 e. The lowest BCUT2D eigenvalue weighted by molar-refractivity contribution is 0.263. The predicted molar refractivity (Wildman–Crippen MR) is 81.4 cm³/mol. The Morgan fingerprint density at radius 3 is 2.84 bits per heavy atom. The highest BCUT2D eigenvalue weighted by molar-refractivity contribution is 5.47. The highest BCUT2D eigenvalue weighted by atomic mass is 15.2. The minimum Gasteiger partial charge on any atom is -0.371 e. The molecule has 106 valence electrons. The predicted octanol–water partition coefficient (Wildman–Crippen LogP) is 3.06. The van der Waals surface area contributed by atoms with E-state index in [1.54, 1.807) is 0 Å². The van der Waals surface area contributed by atoms with E-state index in [-0.39, 0.29) is 0 Å². The van der Waals surface area contributed by atoms with Crippen molar-refractivity contribution in [2.24, 2.45) is 11.3 Å². The van der Waals surface area contributed by atoms with Gasteiger partial charge in [0, 0.05) is 31.5 Å². The lowest BCUT2D eigenvalue weighted by Gasteiger charge is -2.27. The van der Waals surface area contributed by atoms with Crippen molar-refractivity contribution in [3.63, 3.8) is 0 Å². The van der Waals surface area contributed by atoms with Crippen molar-refractivity contribution in [3.05, 3.63) is 24.0 Å². The molecule has 19 heavy (non-hydrogen) atoms. The van der Waals surface area contributed by atoms with Crippen LogP contribution in [0.25, 0.3) is 0 Å². The largest absolute Gasteiger partial charge is 0.371 e. The van der Waals surface area contributed by atoms with Crippen LogP contribution in [0.15, 0.2) is 18.3 Å². The van der Waals surface area contributed by atoms with Crippen molar-refractivity contribution < 1.29 is 0 Å². The van der Waals surface area contributed by atoms with Gasteiger partial charge in [0.05, 0.1) is 5.69 Å². The summed E-state index contributed by atoms with van der Waals surface area (Å²) in [6, 6.07) is 4.37. The topological polar surface area (TPSA) is 28.2 Å². The summed E-state index contributed by atoms with van der Waals surface area (Å²) in [6.45, 7) is 13.4. The smallest absolute Gasteiger partial charge is 0.0562 e. The van der Waals surface area contributed by atoms with Crippen LogP contribution in [0.1, 0.15) is 39.8 Å². The normalized spacial score (nSPS) is 20.0. The van der Waals surface area contributed by atoms with E-state index in [0.717, 1.165) is 24.7 Å². The Hall–Kier alpha value is -1.09. The van der Waals surface area contributed by atoms with E-state index in [1.165, 1.54) is 25.2 Å². The minimum absolute atomic E-state index is 0.411. The molecule has 0 aromatic carbocycles. The number of rotatable bonds is 4. The molecule has 1 aromatic rings. The molecule has 1 N–H and O–H groups in total. The second-order valence-corrected chi connectivity index (χ2v) is 6.58. The SMILES string of the molecule is CCNCc1cc(N2CCC(C(C)(C)C)C2)ccn1. The fourth-order valence-electron chi connectivity index (χ4n) is 2.71. The van der Waals surface area contributed by atoms with E-state index >= 15 is 0 Å². The summed E-state index contributed by atoms with van der Waals surface area (Å²) in [6.07, 6.45) is 3.24. The molecule has 0 spiro atoms. The minimum atomic E-state index is 0.411. The molecular formula is C16H27N3. The molecule has 2 rings (SSSR count). The standard InChI is InChI=1S/C16H27N3/c1-5-17-11-14-10-15(6-8-18-14)19-9-7-13(12-19)16(2,3)4/h6,8,10,13,17H,5,7,9,11-12H2,1-4H3. The van der Waals surface area contributed by atoms with E-state index in [1.807, 2.05) is 6.20 Å². The van der Waals surface area contributed by atoms with Crippen molar-refractivity contribution >= 4 is 5.69 Å². The first kappa shape index (κ1) is 14.3. The first-order chi connectivity index (χ1) is 9.00. The molecular weight excluding hydrogens is 234 g/mol. The number of nitrogens with one attached hydrogen (secondary N) is 1. The van der Waals surface area contributed by atoms with Gasteiger partial charge in [-0.1, -0.05) is 27.7 Å². The molecule has 0 bridgehead atoms. The quantitative estimate of drug-likeness (QED) is 0.903. The van der Waals surface area contributed by atoms with Crippen molar-refractivity contribution in [1.29, 1.82) is 0 Å². The van der Waals surface area contributed by atoms with Crippen molar-refractivity contribution in [2.75, 3.05) is 24.5 Å². The molecule has 0 amide bonds. The van der Waals surface area contributed by atoms with Crippen LogP contribution in [0.5, 0.6) is 0 Å². The van der Waals surface area contributed by atoms with Gasteiger partial charge in [-0.15, -0.1) is 0 Å². The van der Waals surface area contributed by atoms with E-state index in [2.05, 4.69) is 55.0 Å². The number of nitrogens with zero attached hydrogens (tertiary/aromatic N) is 2. The summed E-state index contributed by atoms with van der Waals surface area (Å²) in [7, 11) is 0. The average Bonchev–Trinajstić information content (AvgIpc) is 2.86. The molecule has 1 fully saturated rings. The molecule has 1 atom stereocenters. The zero-order chi connectivity index (χ0) is 13.9. The Morgan fingerprint density at radius 2 is 2.21 bits per heavy atom. The van der Waals surface area contributed by atoms with Gasteiger partial charge in [0.15, 0.2) is 0 Å². The van der Waals surface area contributed by atoms with Gasteiger partial charge in [-0.3, -0.25) is 4.98 Å². The summed E-state index contributed by atoms with van der Waals surface area (Å²) in [5.74, 6) is 0.790. The molecule has 0 radical (unpaired) electrons. The monoisotopic (exact) mass is 261 g/mol. The van der Waals surface area contributed by atoms with Crippen LogP contribution in [-0.2, 0) is 6.54 Å². The Balaban J connectivity index is 2.03. The van der Waals surface area contributed by atoms with Crippen LogP contribution in [0, 0.1) is 11.3 Å². The van der Waals surface area contributed by atoms with Crippen LogP contribution in [-0.4, -0.2) is 24.6 Å². The first-order valence-corrected chi connectivity index (χ1v) is 7.41. The van der Waals surface area contributed by atoms with Gasteiger partial charge >= 0.3 is 0 Å². The molecule has 0 aliphatic carbocycles. The summed E-state index contributed by atoms with van der Waals surface area (Å²) >= 11 is 0. The molecule has 2 heterocycles. The van der Waals surface area contributed by atoms with Crippen molar-refractivity contribution in [1.82, 2.24) is 10.3 Å². The maximum atomic E-state index is 4.43. The molecule has 0 saturated carbocycles. The van der Waals surface area contributed by atoms with E-state index in [9.17, 15) is 0 Å². The number of aromatic nitrogens is 1. The van der Waals surface area contributed by atoms with Gasteiger partial charge in [-0.05, 0) is 36.4 Å². The van der Waals surface area contributed by atoms with E-state index in [4.69, 9.17) is 0 Å². The average molecular weight is 261 g/mol. The van der Waals surface area contributed by atoms with Crippen LogP contribution in [0.4, 0.5) is 5.69 Å². The third kappa shape index (κ3) is 3.69.